The largest absolute Gasteiger partial charge is 0.313 e. The zero-order valence-corrected chi connectivity index (χ0v) is 19.3. The summed E-state index contributed by atoms with van der Waals surface area (Å²) in [6.45, 7) is 12.9. The van der Waals surface area contributed by atoms with Gasteiger partial charge in [0.05, 0.1) is 0 Å². The average molecular weight is 408 g/mol. The average Bonchev–Trinajstić information content (AvgIpc) is 3.23. The summed E-state index contributed by atoms with van der Waals surface area (Å²) in [4.78, 5) is 3.11. The van der Waals surface area contributed by atoms with Crippen molar-refractivity contribution in [1.82, 2.24) is 5.32 Å². The van der Waals surface area contributed by atoms with Gasteiger partial charge in [-0.25, -0.2) is 0 Å². The fraction of sp³-hybridized carbons (Fsp3) is 0.704. The fourth-order valence-electron chi connectivity index (χ4n) is 8.92. The Bertz CT molecular complexity index is 877. The normalized spacial score (nSPS) is 46.0. The lowest BCUT2D eigenvalue weighted by Crippen LogP contribution is -2.60. The number of thiophene rings is 1. The van der Waals surface area contributed by atoms with Crippen LogP contribution < -0.4 is 5.32 Å². The minimum Gasteiger partial charge on any atom is -0.313 e. The van der Waals surface area contributed by atoms with Gasteiger partial charge in [-0.15, -0.1) is 11.3 Å². The van der Waals surface area contributed by atoms with E-state index in [4.69, 9.17) is 0 Å². The highest BCUT2D eigenvalue weighted by molar-refractivity contribution is 7.12. The molecule has 8 unspecified atom stereocenters. The van der Waals surface area contributed by atoms with Crippen molar-refractivity contribution in [3.63, 3.8) is 0 Å². The van der Waals surface area contributed by atoms with Crippen LogP contribution in [0.4, 0.5) is 0 Å². The second kappa shape index (κ2) is 6.57. The van der Waals surface area contributed by atoms with Crippen molar-refractivity contribution in [3.8, 4) is 0 Å². The highest BCUT2D eigenvalue weighted by Gasteiger charge is 2.71. The quantitative estimate of drug-likeness (QED) is 0.570. The molecule has 1 aromatic heterocycles. The maximum Gasteiger partial charge on any atom is 0.0160 e. The Kier molecular flexibility index (Phi) is 4.27. The number of hydrogen-bond acceptors (Lipinski definition) is 2. The number of nitrogens with one attached hydrogen (secondary N) is 1. The first-order chi connectivity index (χ1) is 14.0. The van der Waals surface area contributed by atoms with E-state index >= 15 is 0 Å². The molecule has 4 aliphatic carbocycles. The van der Waals surface area contributed by atoms with E-state index in [1.165, 1.54) is 61.9 Å². The summed E-state index contributed by atoms with van der Waals surface area (Å²) in [5, 5.41) is 4.13. The Morgan fingerprint density at radius 1 is 1.14 bits per heavy atom. The van der Waals surface area contributed by atoms with Gasteiger partial charge < -0.3 is 5.32 Å². The third kappa shape index (κ3) is 2.61. The summed E-state index contributed by atoms with van der Waals surface area (Å²) in [6, 6.07) is 3.37. The highest BCUT2D eigenvalue weighted by Crippen LogP contribution is 2.75. The molecule has 5 aliphatic rings. The van der Waals surface area contributed by atoms with Crippen molar-refractivity contribution in [2.75, 3.05) is 6.54 Å². The fourth-order valence-corrected chi connectivity index (χ4v) is 9.90. The maximum atomic E-state index is 4.59. The molecule has 3 saturated carbocycles. The lowest BCUT2D eigenvalue weighted by Gasteiger charge is -2.58. The van der Waals surface area contributed by atoms with Gasteiger partial charge in [0.2, 0.25) is 0 Å². The lowest BCUT2D eigenvalue weighted by molar-refractivity contribution is -0.0367. The molecule has 29 heavy (non-hydrogen) atoms. The summed E-state index contributed by atoms with van der Waals surface area (Å²) in [6.07, 6.45) is 12.4. The molecule has 0 bridgehead atoms. The standard InChI is InChI=1S/C27H37NS/c1-15-11-16(2)21(12-15)24-20-8-6-10-28-26(20)27-14-19(27)7-5-9-23(27)25(24)22-13-17(3)29-18(22)4/h11,13,19-21,23-26,28H,2,5-10,12,14H2,1,3-4H3. The Balaban J connectivity index is 1.51. The molecule has 156 valence electrons. The lowest BCUT2D eigenvalue weighted by atomic mass is 9.49. The van der Waals surface area contributed by atoms with Crippen molar-refractivity contribution in [1.29, 1.82) is 0 Å². The Hall–Kier alpha value is -0.860. The molecule has 1 N–H and O–H groups in total. The molecule has 0 radical (unpaired) electrons. The molecule has 2 heterocycles. The number of allylic oxidation sites excluding steroid dienone is 3. The van der Waals surface area contributed by atoms with Gasteiger partial charge >= 0.3 is 0 Å². The van der Waals surface area contributed by atoms with Gasteiger partial charge in [-0.2, -0.15) is 0 Å². The molecule has 1 saturated heterocycles. The summed E-state index contributed by atoms with van der Waals surface area (Å²) < 4.78 is 0. The predicted octanol–water partition coefficient (Wildman–Crippen LogP) is 6.78. The number of fused-ring (bicyclic) bond motifs is 1. The first-order valence-electron chi connectivity index (χ1n) is 12.2. The van der Waals surface area contributed by atoms with Gasteiger partial charge in [-0.05, 0) is 118 Å². The number of hydrogen-bond donors (Lipinski definition) is 1. The van der Waals surface area contributed by atoms with Crippen molar-refractivity contribution in [2.24, 2.45) is 35.0 Å². The molecule has 1 aliphatic heterocycles. The smallest absolute Gasteiger partial charge is 0.0160 e. The topological polar surface area (TPSA) is 12.0 Å². The van der Waals surface area contributed by atoms with Crippen LogP contribution in [0.25, 0.3) is 0 Å². The van der Waals surface area contributed by atoms with Crippen LogP contribution in [-0.4, -0.2) is 12.6 Å². The molecule has 8 atom stereocenters. The Morgan fingerprint density at radius 2 is 2.00 bits per heavy atom. The van der Waals surface area contributed by atoms with E-state index in [1.54, 1.807) is 16.0 Å². The van der Waals surface area contributed by atoms with Crippen LogP contribution in [0.2, 0.25) is 0 Å². The summed E-state index contributed by atoms with van der Waals surface area (Å²) in [7, 11) is 0. The van der Waals surface area contributed by atoms with Crippen molar-refractivity contribution < 1.29 is 0 Å². The first kappa shape index (κ1) is 18.9. The second-order valence-corrected chi connectivity index (χ2v) is 12.6. The number of piperidine rings is 1. The van der Waals surface area contributed by atoms with E-state index in [0.717, 1.165) is 35.6 Å². The van der Waals surface area contributed by atoms with E-state index in [9.17, 15) is 0 Å². The van der Waals surface area contributed by atoms with Crippen LogP contribution in [0.15, 0.2) is 29.9 Å². The number of rotatable bonds is 2. The van der Waals surface area contributed by atoms with Crippen LogP contribution in [-0.2, 0) is 0 Å². The van der Waals surface area contributed by atoms with E-state index < -0.39 is 0 Å². The Morgan fingerprint density at radius 3 is 2.72 bits per heavy atom. The Labute approximate surface area is 181 Å². The van der Waals surface area contributed by atoms with Crippen LogP contribution in [0.1, 0.15) is 73.1 Å². The molecule has 6 rings (SSSR count). The zero-order valence-electron chi connectivity index (χ0n) is 18.5. The molecular weight excluding hydrogens is 370 g/mol. The van der Waals surface area contributed by atoms with Gasteiger partial charge in [-0.1, -0.05) is 30.2 Å². The van der Waals surface area contributed by atoms with Crippen LogP contribution in [0, 0.1) is 48.9 Å². The zero-order chi connectivity index (χ0) is 19.9. The molecule has 2 heteroatoms. The van der Waals surface area contributed by atoms with E-state index in [2.05, 4.69) is 44.8 Å². The van der Waals surface area contributed by atoms with Crippen LogP contribution in [0.3, 0.4) is 0 Å². The minimum absolute atomic E-state index is 0.620. The van der Waals surface area contributed by atoms with Crippen molar-refractivity contribution in [2.45, 2.75) is 77.7 Å². The second-order valence-electron chi connectivity index (χ2n) is 11.1. The van der Waals surface area contributed by atoms with E-state index in [1.807, 2.05) is 11.3 Å². The third-order valence-corrected chi connectivity index (χ3v) is 10.7. The molecule has 1 aromatic rings. The van der Waals surface area contributed by atoms with E-state index in [-0.39, 0.29) is 0 Å². The van der Waals surface area contributed by atoms with Gasteiger partial charge in [0.25, 0.3) is 0 Å². The minimum atomic E-state index is 0.620. The first-order valence-corrected chi connectivity index (χ1v) is 13.0. The summed E-state index contributed by atoms with van der Waals surface area (Å²) in [5.74, 6) is 4.94. The van der Waals surface area contributed by atoms with Crippen molar-refractivity contribution >= 4 is 11.3 Å². The van der Waals surface area contributed by atoms with Gasteiger partial charge in [-0.3, -0.25) is 0 Å². The van der Waals surface area contributed by atoms with Crippen LogP contribution in [0.5, 0.6) is 0 Å². The van der Waals surface area contributed by atoms with Gasteiger partial charge in [0, 0.05) is 15.8 Å². The summed E-state index contributed by atoms with van der Waals surface area (Å²) >= 11 is 2.04. The number of aryl methyl sites for hydroxylation is 2. The molecule has 1 nitrogen and oxygen atoms in total. The highest BCUT2D eigenvalue weighted by atomic mass is 32.1. The van der Waals surface area contributed by atoms with E-state index in [0.29, 0.717) is 11.3 Å². The molecule has 1 spiro atoms. The molecule has 0 aromatic carbocycles. The van der Waals surface area contributed by atoms with Gasteiger partial charge in [0.1, 0.15) is 0 Å². The predicted molar refractivity (Wildman–Crippen MR) is 123 cm³/mol. The third-order valence-electron chi connectivity index (χ3n) is 9.74. The molecule has 0 amide bonds. The molecular formula is C27H37NS. The molecule has 4 fully saturated rings. The SMILES string of the molecule is C=C1C=C(C)CC1C1C2CCCNC2C23CC2CCCC3C1c1cc(C)sc1C. The van der Waals surface area contributed by atoms with Gasteiger partial charge in [0.15, 0.2) is 0 Å². The maximum absolute atomic E-state index is 4.59. The van der Waals surface area contributed by atoms with Crippen LogP contribution >= 0.6 is 11.3 Å². The monoisotopic (exact) mass is 407 g/mol. The van der Waals surface area contributed by atoms with Crippen molar-refractivity contribution in [3.05, 3.63) is 45.2 Å². The summed E-state index contributed by atoms with van der Waals surface area (Å²) in [5.41, 5.74) is 5.35.